The first kappa shape index (κ1) is 15.3. The zero-order chi connectivity index (χ0) is 15.2. The summed E-state index contributed by atoms with van der Waals surface area (Å²) in [6.07, 6.45) is 1.58. The number of amides is 3. The maximum Gasteiger partial charge on any atom is 0.321 e. The molecule has 2 rings (SSSR count). The molecule has 0 aromatic heterocycles. The van der Waals surface area contributed by atoms with E-state index in [-0.39, 0.29) is 18.0 Å². The van der Waals surface area contributed by atoms with E-state index in [1.807, 2.05) is 24.3 Å². The van der Waals surface area contributed by atoms with Crippen LogP contribution >= 0.6 is 0 Å². The zero-order valence-electron chi connectivity index (χ0n) is 12.3. The van der Waals surface area contributed by atoms with Crippen molar-refractivity contribution in [3.05, 3.63) is 29.8 Å². The summed E-state index contributed by atoms with van der Waals surface area (Å²) in [7, 11) is 0. The van der Waals surface area contributed by atoms with E-state index in [2.05, 4.69) is 10.6 Å². The third kappa shape index (κ3) is 4.46. The molecule has 0 unspecified atom stereocenters. The van der Waals surface area contributed by atoms with E-state index in [1.54, 1.807) is 4.90 Å². The van der Waals surface area contributed by atoms with Gasteiger partial charge in [-0.15, -0.1) is 0 Å². The first-order chi connectivity index (χ1) is 10.1. The normalized spacial score (nSPS) is 15.6. The van der Waals surface area contributed by atoms with Crippen LogP contribution in [0.25, 0.3) is 0 Å². The van der Waals surface area contributed by atoms with Crippen molar-refractivity contribution in [2.24, 2.45) is 5.73 Å². The van der Waals surface area contributed by atoms with Gasteiger partial charge in [0.25, 0.3) is 0 Å². The van der Waals surface area contributed by atoms with Gasteiger partial charge in [-0.25, -0.2) is 4.79 Å². The van der Waals surface area contributed by atoms with Crippen LogP contribution in [0.4, 0.5) is 10.5 Å². The number of piperidine rings is 1. The number of nitrogens with zero attached hydrogens (tertiary/aromatic N) is 1. The van der Waals surface area contributed by atoms with Gasteiger partial charge in [0.2, 0.25) is 5.91 Å². The Kier molecular flexibility index (Phi) is 5.16. The van der Waals surface area contributed by atoms with Gasteiger partial charge in [0.15, 0.2) is 0 Å². The number of anilines is 1. The average Bonchev–Trinajstić information content (AvgIpc) is 2.47. The Morgan fingerprint density at radius 1 is 1.33 bits per heavy atom. The Morgan fingerprint density at radius 2 is 2.05 bits per heavy atom. The van der Waals surface area contributed by atoms with Crippen molar-refractivity contribution in [1.29, 1.82) is 0 Å². The smallest absolute Gasteiger partial charge is 0.321 e. The first-order valence-corrected chi connectivity index (χ1v) is 7.20. The number of likely N-dealkylation sites (tertiary alicyclic amines) is 1. The number of nitrogens with two attached hydrogens (primary N) is 1. The van der Waals surface area contributed by atoms with E-state index >= 15 is 0 Å². The molecule has 1 aliphatic rings. The fourth-order valence-corrected chi connectivity index (χ4v) is 2.49. The van der Waals surface area contributed by atoms with Gasteiger partial charge in [-0.05, 0) is 30.5 Å². The minimum Gasteiger partial charge on any atom is -0.353 e. The van der Waals surface area contributed by atoms with Crippen molar-refractivity contribution in [2.75, 3.05) is 18.4 Å². The maximum absolute atomic E-state index is 12.2. The number of carbonyl (C=O) groups excluding carboxylic acids is 2. The lowest BCUT2D eigenvalue weighted by Gasteiger charge is -2.32. The summed E-state index contributed by atoms with van der Waals surface area (Å²) in [6.45, 7) is 3.26. The summed E-state index contributed by atoms with van der Waals surface area (Å²) in [4.78, 5) is 25.0. The molecule has 0 radical (unpaired) electrons. The molecule has 0 bridgehead atoms. The van der Waals surface area contributed by atoms with Crippen molar-refractivity contribution >= 4 is 17.6 Å². The minimum atomic E-state index is -0.106. The molecule has 6 heteroatoms. The van der Waals surface area contributed by atoms with Crippen LogP contribution in [0.5, 0.6) is 0 Å². The molecule has 3 amide bonds. The van der Waals surface area contributed by atoms with Gasteiger partial charge in [0.05, 0.1) is 0 Å². The molecule has 1 heterocycles. The average molecular weight is 290 g/mol. The van der Waals surface area contributed by atoms with E-state index < -0.39 is 0 Å². The molecule has 21 heavy (non-hydrogen) atoms. The van der Waals surface area contributed by atoms with Gasteiger partial charge in [-0.3, -0.25) is 4.79 Å². The van der Waals surface area contributed by atoms with Gasteiger partial charge in [0.1, 0.15) is 0 Å². The molecule has 0 saturated carbocycles. The zero-order valence-corrected chi connectivity index (χ0v) is 12.3. The molecule has 4 N–H and O–H groups in total. The van der Waals surface area contributed by atoms with Gasteiger partial charge in [0, 0.05) is 38.3 Å². The lowest BCUT2D eigenvalue weighted by molar-refractivity contribution is -0.119. The number of urea groups is 1. The Morgan fingerprint density at radius 3 is 2.67 bits per heavy atom. The molecule has 1 fully saturated rings. The summed E-state index contributed by atoms with van der Waals surface area (Å²) >= 11 is 0. The molecule has 1 aromatic carbocycles. The molecule has 0 atom stereocenters. The van der Waals surface area contributed by atoms with Gasteiger partial charge in [-0.2, -0.15) is 0 Å². The fraction of sp³-hybridized carbons (Fsp3) is 0.467. The highest BCUT2D eigenvalue weighted by Crippen LogP contribution is 2.14. The number of benzene rings is 1. The van der Waals surface area contributed by atoms with E-state index in [1.165, 1.54) is 6.92 Å². The highest BCUT2D eigenvalue weighted by Gasteiger charge is 2.23. The van der Waals surface area contributed by atoms with Crippen LogP contribution < -0.4 is 16.4 Å². The van der Waals surface area contributed by atoms with Crippen LogP contribution in [0.15, 0.2) is 24.3 Å². The van der Waals surface area contributed by atoms with E-state index in [9.17, 15) is 9.59 Å². The van der Waals surface area contributed by atoms with E-state index in [4.69, 9.17) is 5.73 Å². The second-order valence-corrected chi connectivity index (χ2v) is 5.30. The second-order valence-electron chi connectivity index (χ2n) is 5.30. The summed E-state index contributed by atoms with van der Waals surface area (Å²) in [5.41, 5.74) is 7.33. The summed E-state index contributed by atoms with van der Waals surface area (Å²) in [5, 5.41) is 5.78. The molecule has 0 spiro atoms. The fourth-order valence-electron chi connectivity index (χ4n) is 2.49. The minimum absolute atomic E-state index is 0.0171. The summed E-state index contributed by atoms with van der Waals surface area (Å²) in [6, 6.07) is 7.59. The number of rotatable bonds is 3. The SMILES string of the molecule is CC(=O)NC1CCN(C(=O)Nc2cccc(CN)c2)CC1. The number of nitrogens with one attached hydrogen (secondary N) is 2. The number of hydrogen-bond acceptors (Lipinski definition) is 3. The third-order valence-electron chi connectivity index (χ3n) is 3.60. The molecule has 1 aliphatic heterocycles. The predicted molar refractivity (Wildman–Crippen MR) is 81.8 cm³/mol. The molecule has 0 aliphatic carbocycles. The van der Waals surface area contributed by atoms with Crippen molar-refractivity contribution < 1.29 is 9.59 Å². The van der Waals surface area contributed by atoms with E-state index in [0.717, 1.165) is 24.1 Å². The van der Waals surface area contributed by atoms with Gasteiger partial charge < -0.3 is 21.3 Å². The Balaban J connectivity index is 1.85. The van der Waals surface area contributed by atoms with Crippen molar-refractivity contribution in [1.82, 2.24) is 10.2 Å². The Hall–Kier alpha value is -2.08. The van der Waals surface area contributed by atoms with Crippen molar-refractivity contribution in [3.8, 4) is 0 Å². The quantitative estimate of drug-likeness (QED) is 0.783. The second kappa shape index (κ2) is 7.08. The molecule has 114 valence electrons. The molecule has 1 saturated heterocycles. The molecular formula is C15H22N4O2. The van der Waals surface area contributed by atoms with E-state index in [0.29, 0.717) is 19.6 Å². The van der Waals surface area contributed by atoms with Crippen molar-refractivity contribution in [2.45, 2.75) is 32.4 Å². The van der Waals surface area contributed by atoms with Crippen LogP contribution in [-0.2, 0) is 11.3 Å². The van der Waals surface area contributed by atoms with Crippen LogP contribution in [0.2, 0.25) is 0 Å². The highest BCUT2D eigenvalue weighted by atomic mass is 16.2. The van der Waals surface area contributed by atoms with Crippen molar-refractivity contribution in [3.63, 3.8) is 0 Å². The highest BCUT2D eigenvalue weighted by molar-refractivity contribution is 5.89. The molecule has 6 nitrogen and oxygen atoms in total. The lowest BCUT2D eigenvalue weighted by atomic mass is 10.1. The predicted octanol–water partition coefficient (Wildman–Crippen LogP) is 1.28. The Bertz CT molecular complexity index is 510. The lowest BCUT2D eigenvalue weighted by Crippen LogP contribution is -2.47. The van der Waals surface area contributed by atoms with Gasteiger partial charge >= 0.3 is 6.03 Å². The number of hydrogen-bond donors (Lipinski definition) is 3. The molecular weight excluding hydrogens is 268 g/mol. The van der Waals surface area contributed by atoms with Crippen LogP contribution in [0, 0.1) is 0 Å². The number of carbonyl (C=O) groups is 2. The maximum atomic E-state index is 12.2. The Labute approximate surface area is 124 Å². The monoisotopic (exact) mass is 290 g/mol. The standard InChI is InChI=1S/C15H22N4O2/c1-11(20)17-13-5-7-19(8-6-13)15(21)18-14-4-2-3-12(9-14)10-16/h2-4,9,13H,5-8,10,16H2,1H3,(H,17,20)(H,18,21). The van der Waals surface area contributed by atoms with Crippen LogP contribution in [-0.4, -0.2) is 36.0 Å². The van der Waals surface area contributed by atoms with Gasteiger partial charge in [-0.1, -0.05) is 12.1 Å². The first-order valence-electron chi connectivity index (χ1n) is 7.20. The summed E-state index contributed by atoms with van der Waals surface area (Å²) < 4.78 is 0. The largest absolute Gasteiger partial charge is 0.353 e. The molecule has 1 aromatic rings. The van der Waals surface area contributed by atoms with Crippen LogP contribution in [0.1, 0.15) is 25.3 Å². The third-order valence-corrected chi connectivity index (χ3v) is 3.60. The summed E-state index contributed by atoms with van der Waals surface area (Å²) in [5.74, 6) is -0.0171. The topological polar surface area (TPSA) is 87.5 Å². The van der Waals surface area contributed by atoms with Crippen LogP contribution in [0.3, 0.4) is 0 Å².